The monoisotopic (exact) mass is 664 g/mol. The molecule has 0 aliphatic carbocycles. The highest BCUT2D eigenvalue weighted by Gasteiger charge is 2.32. The third kappa shape index (κ3) is 8.40. The molecule has 0 saturated carbocycles. The number of thioether (sulfide) groups is 1. The van der Waals surface area contributed by atoms with Crippen LogP contribution in [0, 0.1) is 6.92 Å². The summed E-state index contributed by atoms with van der Waals surface area (Å²) in [5, 5.41) is 8.52. The average molecular weight is 665 g/mol. The minimum absolute atomic E-state index is 0.0141. The molecule has 2 heterocycles. The zero-order valence-corrected chi connectivity index (χ0v) is 26.9. The van der Waals surface area contributed by atoms with E-state index in [0.717, 1.165) is 27.9 Å². The fourth-order valence-corrected chi connectivity index (χ4v) is 5.84. The van der Waals surface area contributed by atoms with Crippen LogP contribution in [-0.4, -0.2) is 49.6 Å². The van der Waals surface area contributed by atoms with Gasteiger partial charge in [0, 0.05) is 12.1 Å². The molecule has 238 valence electrons. The number of hydrogen-bond acceptors (Lipinski definition) is 6. The first kappa shape index (κ1) is 32.9. The van der Waals surface area contributed by atoms with Crippen LogP contribution >= 0.6 is 24.0 Å². The van der Waals surface area contributed by atoms with E-state index in [1.807, 2.05) is 49.4 Å². The number of nitrogens with one attached hydrogen (secondary N) is 1. The lowest BCUT2D eigenvalue weighted by Gasteiger charge is -2.22. The minimum Gasteiger partial charge on any atom is -0.406 e. The van der Waals surface area contributed by atoms with E-state index < -0.39 is 6.36 Å². The molecule has 1 amide bonds. The molecule has 8 nitrogen and oxygen atoms in total. The van der Waals surface area contributed by atoms with Gasteiger partial charge in [-0.05, 0) is 84.6 Å². The van der Waals surface area contributed by atoms with Crippen molar-refractivity contribution in [1.29, 1.82) is 0 Å². The van der Waals surface area contributed by atoms with Gasteiger partial charge in [-0.15, -0.1) is 18.3 Å². The lowest BCUT2D eigenvalue weighted by atomic mass is 9.99. The minimum atomic E-state index is -4.75. The van der Waals surface area contributed by atoms with E-state index in [-0.39, 0.29) is 17.6 Å². The molecule has 1 fully saturated rings. The maximum absolute atomic E-state index is 12.8. The summed E-state index contributed by atoms with van der Waals surface area (Å²) in [7, 11) is 0. The maximum atomic E-state index is 12.8. The fourth-order valence-electron chi connectivity index (χ4n) is 4.73. The summed E-state index contributed by atoms with van der Waals surface area (Å²) >= 11 is 6.86. The number of nitrogens with zero attached hydrogens (tertiary/aromatic N) is 5. The third-order valence-corrected chi connectivity index (χ3v) is 8.04. The smallest absolute Gasteiger partial charge is 0.406 e. The summed E-state index contributed by atoms with van der Waals surface area (Å²) in [5.41, 5.74) is 5.28. The fraction of sp³-hybridized carbons (Fsp3) is 0.242. The van der Waals surface area contributed by atoms with Gasteiger partial charge in [0.2, 0.25) is 5.91 Å². The van der Waals surface area contributed by atoms with Crippen LogP contribution in [0.5, 0.6) is 5.75 Å². The highest BCUT2D eigenvalue weighted by Crippen LogP contribution is 2.34. The Hall–Kier alpha value is -4.49. The summed E-state index contributed by atoms with van der Waals surface area (Å²) < 4.78 is 42.7. The van der Waals surface area contributed by atoms with Gasteiger partial charge in [-0.2, -0.15) is 4.99 Å². The van der Waals surface area contributed by atoms with E-state index in [4.69, 9.17) is 12.2 Å². The van der Waals surface area contributed by atoms with E-state index >= 15 is 0 Å². The molecule has 13 heteroatoms. The molecule has 1 aliphatic heterocycles. The van der Waals surface area contributed by atoms with Gasteiger partial charge >= 0.3 is 6.36 Å². The van der Waals surface area contributed by atoms with Gasteiger partial charge in [0.05, 0.1) is 17.1 Å². The van der Waals surface area contributed by atoms with Crippen LogP contribution in [0.15, 0.2) is 84.1 Å². The molecule has 4 aromatic rings. The second kappa shape index (κ2) is 14.3. The maximum Gasteiger partial charge on any atom is 0.573 e. The molecule has 1 aromatic heterocycles. The van der Waals surface area contributed by atoms with E-state index in [0.29, 0.717) is 40.5 Å². The summed E-state index contributed by atoms with van der Waals surface area (Å²) in [6.07, 6.45) is 1.43. The number of benzene rings is 3. The first-order valence-electron chi connectivity index (χ1n) is 14.4. The molecule has 0 atom stereocenters. The molecule has 1 aliphatic rings. The van der Waals surface area contributed by atoms with Crippen molar-refractivity contribution in [2.24, 2.45) is 4.99 Å². The number of alkyl halides is 3. The third-order valence-electron chi connectivity index (χ3n) is 6.88. The number of amides is 1. The Morgan fingerprint density at radius 1 is 1.15 bits per heavy atom. The lowest BCUT2D eigenvalue weighted by molar-refractivity contribution is -0.274. The van der Waals surface area contributed by atoms with Crippen LogP contribution in [0.2, 0.25) is 0 Å². The van der Waals surface area contributed by atoms with Gasteiger partial charge in [0.15, 0.2) is 16.1 Å². The summed E-state index contributed by atoms with van der Waals surface area (Å²) in [6.45, 7) is 6.77. The Balaban J connectivity index is 1.16. The van der Waals surface area contributed by atoms with Gasteiger partial charge in [-0.25, -0.2) is 9.67 Å². The van der Waals surface area contributed by atoms with Crippen molar-refractivity contribution in [1.82, 2.24) is 20.1 Å². The number of carbonyl (C=O) groups excluding carboxylic acids is 1. The summed E-state index contributed by atoms with van der Waals surface area (Å²) in [5.74, 6) is 0.715. The molecule has 3 aromatic carbocycles. The highest BCUT2D eigenvalue weighted by atomic mass is 32.2. The number of thiocarbonyl (C=S) groups is 1. The normalized spacial score (nSPS) is 14.5. The number of hydrogen-bond donors (Lipinski definition) is 1. The van der Waals surface area contributed by atoms with Crippen LogP contribution in [0.4, 0.5) is 18.9 Å². The number of amidine groups is 1. The lowest BCUT2D eigenvalue weighted by Crippen LogP contribution is -2.32. The Morgan fingerprint density at radius 3 is 2.67 bits per heavy atom. The zero-order valence-electron chi connectivity index (χ0n) is 25.3. The SMILES string of the molecule is Cc1ccc(C(C)C)c(N2C(=O)CS/C2=N\C(=S)NCC/C=C\c2cccc(-c3ncn(-c4ccc(OC(F)(F)F)cc4)n3)c2)c1. The molecule has 0 bridgehead atoms. The van der Waals surface area contributed by atoms with Gasteiger partial charge < -0.3 is 10.1 Å². The highest BCUT2D eigenvalue weighted by molar-refractivity contribution is 8.15. The second-order valence-corrected chi connectivity index (χ2v) is 12.1. The van der Waals surface area contributed by atoms with Crippen LogP contribution < -0.4 is 15.0 Å². The molecule has 0 radical (unpaired) electrons. The molecular formula is C33H31F3N6O2S2. The topological polar surface area (TPSA) is 84.6 Å². The summed E-state index contributed by atoms with van der Waals surface area (Å²) in [4.78, 5) is 23.4. The number of ether oxygens (including phenoxy) is 1. The van der Waals surface area contributed by atoms with E-state index in [1.54, 1.807) is 4.90 Å². The quantitative estimate of drug-likeness (QED) is 0.145. The van der Waals surface area contributed by atoms with Crippen molar-refractivity contribution >= 4 is 51.9 Å². The number of aliphatic imine (C=N–C) groups is 1. The van der Waals surface area contributed by atoms with Crippen LogP contribution in [0.1, 0.15) is 42.9 Å². The Kier molecular flexibility index (Phi) is 10.2. The zero-order chi connectivity index (χ0) is 32.8. The Morgan fingerprint density at radius 2 is 1.93 bits per heavy atom. The molecule has 1 N–H and O–H groups in total. The number of rotatable bonds is 9. The van der Waals surface area contributed by atoms with Crippen molar-refractivity contribution in [3.63, 3.8) is 0 Å². The van der Waals surface area contributed by atoms with Crippen LogP contribution in [-0.2, 0) is 4.79 Å². The predicted molar refractivity (Wildman–Crippen MR) is 180 cm³/mol. The van der Waals surface area contributed by atoms with E-state index in [9.17, 15) is 18.0 Å². The first-order chi connectivity index (χ1) is 22.0. The van der Waals surface area contributed by atoms with E-state index in [2.05, 4.69) is 51.1 Å². The van der Waals surface area contributed by atoms with E-state index in [1.165, 1.54) is 47.0 Å². The average Bonchev–Trinajstić information content (AvgIpc) is 3.63. The number of halogens is 3. The number of anilines is 1. The molecule has 0 unspecified atom stereocenters. The number of aromatic nitrogens is 3. The standard InChI is InChI=1S/C33H31F3N6O2S2/c1-21(2)27-15-10-22(3)17-28(27)42-29(43)19-46-32(42)39-31(45)37-16-5-4-7-23-8-6-9-24(18-23)30-38-20-41(40-30)25-11-13-26(14-12-25)44-33(34,35)36/h4,6-15,17-18,20-21H,5,16,19H2,1-3H3,(H,37,45)/b7-4-,39-32-. The van der Waals surface area contributed by atoms with Crippen LogP contribution in [0.25, 0.3) is 23.2 Å². The van der Waals surface area contributed by atoms with Gasteiger partial charge in [0.1, 0.15) is 12.1 Å². The van der Waals surface area contributed by atoms with Crippen molar-refractivity contribution in [3.05, 3.63) is 95.8 Å². The van der Waals surface area contributed by atoms with Crippen molar-refractivity contribution in [2.75, 3.05) is 17.2 Å². The first-order valence-corrected chi connectivity index (χ1v) is 15.8. The summed E-state index contributed by atoms with van der Waals surface area (Å²) in [6, 6.07) is 19.2. The molecule has 0 spiro atoms. The van der Waals surface area contributed by atoms with Gasteiger partial charge in [-0.1, -0.05) is 68.1 Å². The van der Waals surface area contributed by atoms with Crippen molar-refractivity contribution in [2.45, 2.75) is 39.5 Å². The molecule has 46 heavy (non-hydrogen) atoms. The number of aryl methyl sites for hydroxylation is 1. The Labute approximate surface area is 274 Å². The van der Waals surface area contributed by atoms with Gasteiger partial charge in [-0.3, -0.25) is 9.69 Å². The predicted octanol–water partition coefficient (Wildman–Crippen LogP) is 7.68. The number of carbonyl (C=O) groups is 1. The molecular weight excluding hydrogens is 634 g/mol. The second-order valence-electron chi connectivity index (χ2n) is 10.7. The van der Waals surface area contributed by atoms with Crippen molar-refractivity contribution < 1.29 is 22.7 Å². The van der Waals surface area contributed by atoms with Gasteiger partial charge in [0.25, 0.3) is 0 Å². The molecule has 1 saturated heterocycles. The van der Waals surface area contributed by atoms with Crippen molar-refractivity contribution in [3.8, 4) is 22.8 Å². The largest absolute Gasteiger partial charge is 0.573 e. The van der Waals surface area contributed by atoms with Crippen LogP contribution in [0.3, 0.4) is 0 Å². The molecule has 5 rings (SSSR count). The Bertz CT molecular complexity index is 1780.